The van der Waals surface area contributed by atoms with Gasteiger partial charge < -0.3 is 0 Å². The molecule has 0 aliphatic rings. The van der Waals surface area contributed by atoms with E-state index in [0.29, 0.717) is 6.04 Å². The summed E-state index contributed by atoms with van der Waals surface area (Å²) in [6.45, 7) is 4.52. The Hall–Kier alpha value is -1.89. The fraction of sp³-hybridized carbons (Fsp3) is 0.235. The zero-order valence-corrected chi connectivity index (χ0v) is 10.9. The van der Waals surface area contributed by atoms with Gasteiger partial charge in [0.15, 0.2) is 12.2 Å². The molecule has 1 heterocycles. The highest BCUT2D eigenvalue weighted by Crippen LogP contribution is 2.23. The van der Waals surface area contributed by atoms with Crippen molar-refractivity contribution in [3.8, 4) is 0 Å². The van der Waals surface area contributed by atoms with Gasteiger partial charge >= 0.3 is 0 Å². The molecule has 2 aromatic carbocycles. The highest BCUT2D eigenvalue weighted by molar-refractivity contribution is 6.03. The Morgan fingerprint density at radius 3 is 2.50 bits per heavy atom. The average Bonchev–Trinajstić information content (AvgIpc) is 2.45. The lowest BCUT2D eigenvalue weighted by molar-refractivity contribution is -0.694. The van der Waals surface area contributed by atoms with Crippen molar-refractivity contribution in [1.82, 2.24) is 0 Å². The predicted octanol–water partition coefficient (Wildman–Crippen LogP) is 4.25. The van der Waals surface area contributed by atoms with Gasteiger partial charge in [-0.3, -0.25) is 0 Å². The molecule has 0 aliphatic heterocycles. The van der Waals surface area contributed by atoms with E-state index in [-0.39, 0.29) is 0 Å². The molecule has 0 aliphatic carbocycles. The van der Waals surface area contributed by atoms with Gasteiger partial charge in [0.1, 0.15) is 0 Å². The van der Waals surface area contributed by atoms with Crippen LogP contribution in [0, 0.1) is 0 Å². The van der Waals surface area contributed by atoms with E-state index >= 15 is 0 Å². The van der Waals surface area contributed by atoms with Crippen LogP contribution < -0.4 is 4.57 Å². The second-order valence-corrected chi connectivity index (χ2v) is 4.90. The molecule has 0 saturated heterocycles. The number of hydrogen-bond acceptors (Lipinski definition) is 0. The SMILES string of the molecule is CCC(C)[n+]1cccc2ccc3ccccc3c21. The van der Waals surface area contributed by atoms with Crippen molar-refractivity contribution in [2.24, 2.45) is 0 Å². The lowest BCUT2D eigenvalue weighted by Gasteiger charge is -2.09. The van der Waals surface area contributed by atoms with E-state index < -0.39 is 0 Å². The number of pyridine rings is 1. The molecule has 1 aromatic heterocycles. The monoisotopic (exact) mass is 236 g/mol. The number of aromatic nitrogens is 1. The summed E-state index contributed by atoms with van der Waals surface area (Å²) in [6, 6.07) is 17.9. The molecule has 0 amide bonds. The third-order valence-corrected chi connectivity index (χ3v) is 3.78. The van der Waals surface area contributed by atoms with Crippen LogP contribution in [0.3, 0.4) is 0 Å². The van der Waals surface area contributed by atoms with Crippen LogP contribution in [0.1, 0.15) is 26.3 Å². The molecule has 0 saturated carbocycles. The van der Waals surface area contributed by atoms with Crippen molar-refractivity contribution in [2.75, 3.05) is 0 Å². The van der Waals surface area contributed by atoms with Gasteiger partial charge in [-0.05, 0) is 30.5 Å². The Labute approximate surface area is 108 Å². The maximum atomic E-state index is 2.40. The second-order valence-electron chi connectivity index (χ2n) is 4.90. The summed E-state index contributed by atoms with van der Waals surface area (Å²) in [4.78, 5) is 0. The Balaban J connectivity index is 2.46. The first-order chi connectivity index (χ1) is 8.81. The molecule has 1 nitrogen and oxygen atoms in total. The third-order valence-electron chi connectivity index (χ3n) is 3.78. The number of benzene rings is 2. The summed E-state index contributed by atoms with van der Waals surface area (Å²) in [7, 11) is 0. The summed E-state index contributed by atoms with van der Waals surface area (Å²) in [5.41, 5.74) is 1.35. The molecule has 3 aromatic rings. The molecule has 3 rings (SSSR count). The Bertz CT molecular complexity index is 700. The molecule has 0 N–H and O–H groups in total. The summed E-state index contributed by atoms with van der Waals surface area (Å²) >= 11 is 0. The standard InChI is InChI=1S/C17H18N/c1-3-13(2)18-12-6-8-15-11-10-14-7-4-5-9-16(14)17(15)18/h4-13H,3H2,1-2H3/q+1. The first-order valence-electron chi connectivity index (χ1n) is 6.63. The molecular weight excluding hydrogens is 218 g/mol. The third kappa shape index (κ3) is 1.67. The van der Waals surface area contributed by atoms with Crippen LogP contribution in [-0.2, 0) is 0 Å². The Morgan fingerprint density at radius 2 is 1.67 bits per heavy atom. The van der Waals surface area contributed by atoms with Gasteiger partial charge in [0.2, 0.25) is 5.52 Å². The molecule has 1 unspecified atom stereocenters. The van der Waals surface area contributed by atoms with Crippen molar-refractivity contribution in [1.29, 1.82) is 0 Å². The molecule has 1 heteroatoms. The van der Waals surface area contributed by atoms with Crippen LogP contribution in [0.5, 0.6) is 0 Å². The average molecular weight is 236 g/mol. The van der Waals surface area contributed by atoms with E-state index in [2.05, 4.69) is 73.1 Å². The number of hydrogen-bond donors (Lipinski definition) is 0. The first kappa shape index (κ1) is 11.2. The number of nitrogens with zero attached hydrogens (tertiary/aromatic N) is 1. The van der Waals surface area contributed by atoms with E-state index in [4.69, 9.17) is 0 Å². The second kappa shape index (κ2) is 4.41. The van der Waals surface area contributed by atoms with Gasteiger partial charge in [0, 0.05) is 17.9 Å². The van der Waals surface area contributed by atoms with Gasteiger partial charge in [0.25, 0.3) is 0 Å². The van der Waals surface area contributed by atoms with Crippen LogP contribution in [0.15, 0.2) is 54.7 Å². The van der Waals surface area contributed by atoms with Crippen LogP contribution >= 0.6 is 0 Å². The summed E-state index contributed by atoms with van der Waals surface area (Å²) in [5.74, 6) is 0. The molecular formula is C17H18N+. The van der Waals surface area contributed by atoms with Gasteiger partial charge in [0.05, 0.1) is 5.39 Å². The summed E-state index contributed by atoms with van der Waals surface area (Å²) in [5, 5.41) is 3.97. The summed E-state index contributed by atoms with van der Waals surface area (Å²) in [6.07, 6.45) is 3.34. The minimum atomic E-state index is 0.527. The highest BCUT2D eigenvalue weighted by Gasteiger charge is 2.16. The van der Waals surface area contributed by atoms with E-state index in [1.54, 1.807) is 0 Å². The molecule has 0 radical (unpaired) electrons. The minimum absolute atomic E-state index is 0.527. The van der Waals surface area contributed by atoms with Crippen molar-refractivity contribution in [3.05, 3.63) is 54.7 Å². The largest absolute Gasteiger partial charge is 0.220 e. The Kier molecular flexibility index (Phi) is 2.75. The zero-order valence-electron chi connectivity index (χ0n) is 10.9. The minimum Gasteiger partial charge on any atom is -0.195 e. The van der Waals surface area contributed by atoms with Gasteiger partial charge in [-0.15, -0.1) is 0 Å². The number of fused-ring (bicyclic) bond motifs is 3. The number of rotatable bonds is 2. The van der Waals surface area contributed by atoms with E-state index in [1.165, 1.54) is 21.7 Å². The van der Waals surface area contributed by atoms with E-state index in [0.717, 1.165) is 6.42 Å². The van der Waals surface area contributed by atoms with Gasteiger partial charge in [-0.25, -0.2) is 0 Å². The first-order valence-corrected chi connectivity index (χ1v) is 6.63. The fourth-order valence-corrected chi connectivity index (χ4v) is 2.57. The quantitative estimate of drug-likeness (QED) is 0.462. The van der Waals surface area contributed by atoms with Crippen molar-refractivity contribution >= 4 is 21.7 Å². The van der Waals surface area contributed by atoms with Crippen LogP contribution in [0.2, 0.25) is 0 Å². The Morgan fingerprint density at radius 1 is 0.944 bits per heavy atom. The van der Waals surface area contributed by atoms with E-state index in [1.807, 2.05) is 0 Å². The lowest BCUT2D eigenvalue weighted by Crippen LogP contribution is -2.37. The van der Waals surface area contributed by atoms with E-state index in [9.17, 15) is 0 Å². The van der Waals surface area contributed by atoms with Crippen molar-refractivity contribution < 1.29 is 4.57 Å². The van der Waals surface area contributed by atoms with Crippen molar-refractivity contribution in [3.63, 3.8) is 0 Å². The van der Waals surface area contributed by atoms with Gasteiger partial charge in [-0.1, -0.05) is 31.2 Å². The van der Waals surface area contributed by atoms with Crippen LogP contribution in [0.4, 0.5) is 0 Å². The molecule has 18 heavy (non-hydrogen) atoms. The smallest absolute Gasteiger partial charge is 0.195 e. The molecule has 0 fully saturated rings. The van der Waals surface area contributed by atoms with Crippen LogP contribution in [0.25, 0.3) is 21.7 Å². The summed E-state index contributed by atoms with van der Waals surface area (Å²) < 4.78 is 2.40. The van der Waals surface area contributed by atoms with Crippen LogP contribution in [-0.4, -0.2) is 0 Å². The highest BCUT2D eigenvalue weighted by atomic mass is 15.0. The predicted molar refractivity (Wildman–Crippen MR) is 76.7 cm³/mol. The topological polar surface area (TPSA) is 3.88 Å². The maximum Gasteiger partial charge on any atom is 0.220 e. The van der Waals surface area contributed by atoms with Crippen molar-refractivity contribution in [2.45, 2.75) is 26.3 Å². The zero-order chi connectivity index (χ0) is 12.5. The molecule has 1 atom stereocenters. The molecule has 0 bridgehead atoms. The molecule has 90 valence electrons. The maximum absolute atomic E-state index is 2.40. The molecule has 0 spiro atoms. The fourth-order valence-electron chi connectivity index (χ4n) is 2.57. The lowest BCUT2D eigenvalue weighted by atomic mass is 10.0. The van der Waals surface area contributed by atoms with Gasteiger partial charge in [-0.2, -0.15) is 4.57 Å². The normalized spacial score (nSPS) is 13.0.